The SMILES string of the molecule is Cc1ccc(OCCc2nc(Br)c3n2CCCN3)cc1. The van der Waals surface area contributed by atoms with Crippen LogP contribution in [0.3, 0.4) is 0 Å². The molecule has 106 valence electrons. The number of anilines is 1. The number of hydrogen-bond donors (Lipinski definition) is 1. The Bertz CT molecular complexity index is 592. The average Bonchev–Trinajstić information content (AvgIpc) is 2.79. The van der Waals surface area contributed by atoms with E-state index in [4.69, 9.17) is 4.74 Å². The fraction of sp³-hybridized carbons (Fsp3) is 0.400. The van der Waals surface area contributed by atoms with Gasteiger partial charge in [0.15, 0.2) is 0 Å². The van der Waals surface area contributed by atoms with Gasteiger partial charge in [-0.2, -0.15) is 0 Å². The van der Waals surface area contributed by atoms with E-state index in [2.05, 4.69) is 49.9 Å². The Morgan fingerprint density at radius 2 is 2.15 bits per heavy atom. The van der Waals surface area contributed by atoms with E-state index < -0.39 is 0 Å². The highest BCUT2D eigenvalue weighted by Gasteiger charge is 2.17. The highest BCUT2D eigenvalue weighted by atomic mass is 79.9. The number of hydrogen-bond acceptors (Lipinski definition) is 3. The fourth-order valence-corrected chi connectivity index (χ4v) is 2.96. The molecule has 0 spiro atoms. The standard InChI is InChI=1S/C15H18BrN3O/c1-11-3-5-12(6-4-11)20-10-7-13-18-14(16)15-17-8-2-9-19(13)15/h3-6,17H,2,7-10H2,1H3. The fourth-order valence-electron chi connectivity index (χ4n) is 2.41. The molecular weight excluding hydrogens is 318 g/mol. The van der Waals surface area contributed by atoms with Gasteiger partial charge in [-0.3, -0.25) is 0 Å². The van der Waals surface area contributed by atoms with Crippen LogP contribution >= 0.6 is 15.9 Å². The molecule has 2 aromatic rings. The Hall–Kier alpha value is -1.49. The molecule has 0 fully saturated rings. The summed E-state index contributed by atoms with van der Waals surface area (Å²) in [5, 5.41) is 3.38. The van der Waals surface area contributed by atoms with Gasteiger partial charge in [-0.25, -0.2) is 4.98 Å². The highest BCUT2D eigenvalue weighted by Crippen LogP contribution is 2.26. The summed E-state index contributed by atoms with van der Waals surface area (Å²) >= 11 is 3.51. The smallest absolute Gasteiger partial charge is 0.148 e. The van der Waals surface area contributed by atoms with Crippen LogP contribution in [0.1, 0.15) is 17.8 Å². The summed E-state index contributed by atoms with van der Waals surface area (Å²) in [5.74, 6) is 3.09. The van der Waals surface area contributed by atoms with Gasteiger partial charge in [0.1, 0.15) is 22.0 Å². The van der Waals surface area contributed by atoms with Crippen molar-refractivity contribution in [3.8, 4) is 5.75 Å². The third-order valence-electron chi connectivity index (χ3n) is 3.47. The molecule has 1 aromatic heterocycles. The second-order valence-electron chi connectivity index (χ2n) is 5.01. The average molecular weight is 336 g/mol. The number of fused-ring (bicyclic) bond motifs is 1. The van der Waals surface area contributed by atoms with E-state index in [0.29, 0.717) is 6.61 Å². The van der Waals surface area contributed by atoms with Crippen molar-refractivity contribution in [1.29, 1.82) is 0 Å². The minimum atomic E-state index is 0.645. The lowest BCUT2D eigenvalue weighted by molar-refractivity contribution is 0.316. The Morgan fingerprint density at radius 1 is 1.35 bits per heavy atom. The number of imidazole rings is 1. The predicted octanol–water partition coefficient (Wildman–Crippen LogP) is 3.39. The van der Waals surface area contributed by atoms with E-state index in [1.54, 1.807) is 0 Å². The molecule has 0 amide bonds. The Balaban J connectivity index is 1.62. The first kappa shape index (κ1) is 13.5. The molecule has 0 unspecified atom stereocenters. The number of aryl methyl sites for hydroxylation is 1. The van der Waals surface area contributed by atoms with E-state index in [1.165, 1.54) is 5.56 Å². The zero-order valence-electron chi connectivity index (χ0n) is 11.5. The Labute approximate surface area is 127 Å². The van der Waals surface area contributed by atoms with E-state index in [1.807, 2.05) is 12.1 Å². The molecule has 4 nitrogen and oxygen atoms in total. The molecule has 1 N–H and O–H groups in total. The molecule has 0 bridgehead atoms. The summed E-state index contributed by atoms with van der Waals surface area (Å²) < 4.78 is 8.92. The van der Waals surface area contributed by atoms with Gasteiger partial charge in [-0.1, -0.05) is 17.7 Å². The van der Waals surface area contributed by atoms with Gasteiger partial charge in [0.05, 0.1) is 6.61 Å². The van der Waals surface area contributed by atoms with Crippen LogP contribution in [-0.2, 0) is 13.0 Å². The van der Waals surface area contributed by atoms with Crippen molar-refractivity contribution < 1.29 is 4.74 Å². The molecule has 5 heteroatoms. The zero-order valence-corrected chi connectivity index (χ0v) is 13.1. The number of benzene rings is 1. The van der Waals surface area contributed by atoms with E-state index in [9.17, 15) is 0 Å². The minimum absolute atomic E-state index is 0.645. The maximum Gasteiger partial charge on any atom is 0.148 e. The summed E-state index contributed by atoms with van der Waals surface area (Å²) in [4.78, 5) is 4.57. The lowest BCUT2D eigenvalue weighted by Gasteiger charge is -2.18. The van der Waals surface area contributed by atoms with Crippen molar-refractivity contribution in [2.75, 3.05) is 18.5 Å². The van der Waals surface area contributed by atoms with E-state index in [-0.39, 0.29) is 0 Å². The molecule has 20 heavy (non-hydrogen) atoms. The number of rotatable bonds is 4. The van der Waals surface area contributed by atoms with Gasteiger partial charge in [0.25, 0.3) is 0 Å². The third-order valence-corrected chi connectivity index (χ3v) is 4.02. The number of nitrogens with zero attached hydrogens (tertiary/aromatic N) is 2. The lowest BCUT2D eigenvalue weighted by atomic mass is 10.2. The van der Waals surface area contributed by atoms with E-state index >= 15 is 0 Å². The van der Waals surface area contributed by atoms with Gasteiger partial charge in [-0.15, -0.1) is 0 Å². The first-order valence-corrected chi connectivity index (χ1v) is 7.71. The third kappa shape index (κ3) is 2.82. The summed E-state index contributed by atoms with van der Waals surface area (Å²) in [5.41, 5.74) is 1.25. The summed E-state index contributed by atoms with van der Waals surface area (Å²) in [7, 11) is 0. The topological polar surface area (TPSA) is 39.1 Å². The van der Waals surface area contributed by atoms with Gasteiger partial charge >= 0.3 is 0 Å². The number of nitrogens with one attached hydrogen (secondary N) is 1. The van der Waals surface area contributed by atoms with Crippen LogP contribution in [0.25, 0.3) is 0 Å². The number of aromatic nitrogens is 2. The van der Waals surface area contributed by atoms with Gasteiger partial charge in [0, 0.05) is 19.5 Å². The van der Waals surface area contributed by atoms with Crippen LogP contribution < -0.4 is 10.1 Å². The number of halogens is 1. The van der Waals surface area contributed by atoms with Crippen molar-refractivity contribution in [2.24, 2.45) is 0 Å². The first-order chi connectivity index (χ1) is 9.74. The number of ether oxygens (including phenoxy) is 1. The van der Waals surface area contributed by atoms with Crippen molar-refractivity contribution in [2.45, 2.75) is 26.3 Å². The van der Waals surface area contributed by atoms with Crippen LogP contribution in [-0.4, -0.2) is 22.7 Å². The minimum Gasteiger partial charge on any atom is -0.493 e. The van der Waals surface area contributed by atoms with Crippen LogP contribution in [0.4, 0.5) is 5.82 Å². The molecule has 0 atom stereocenters. The molecule has 0 aliphatic carbocycles. The zero-order chi connectivity index (χ0) is 13.9. The van der Waals surface area contributed by atoms with Crippen LogP contribution in [0, 0.1) is 6.92 Å². The molecular formula is C15H18BrN3O. The van der Waals surface area contributed by atoms with Gasteiger partial charge in [0.2, 0.25) is 0 Å². The lowest BCUT2D eigenvalue weighted by Crippen LogP contribution is -2.19. The largest absolute Gasteiger partial charge is 0.493 e. The Kier molecular flexibility index (Phi) is 3.96. The molecule has 3 rings (SSSR count). The molecule has 0 saturated heterocycles. The van der Waals surface area contributed by atoms with Crippen molar-refractivity contribution in [1.82, 2.24) is 9.55 Å². The summed E-state index contributed by atoms with van der Waals surface area (Å²) in [6.45, 7) is 4.77. The molecule has 2 heterocycles. The molecule has 0 radical (unpaired) electrons. The quantitative estimate of drug-likeness (QED) is 0.930. The monoisotopic (exact) mass is 335 g/mol. The van der Waals surface area contributed by atoms with Crippen molar-refractivity contribution in [3.63, 3.8) is 0 Å². The molecule has 0 saturated carbocycles. The Morgan fingerprint density at radius 3 is 2.95 bits per heavy atom. The first-order valence-electron chi connectivity index (χ1n) is 6.92. The van der Waals surface area contributed by atoms with Crippen LogP contribution in [0.5, 0.6) is 5.75 Å². The van der Waals surface area contributed by atoms with Crippen LogP contribution in [0.2, 0.25) is 0 Å². The second-order valence-corrected chi connectivity index (χ2v) is 5.76. The summed E-state index contributed by atoms with van der Waals surface area (Å²) in [6.07, 6.45) is 1.95. The highest BCUT2D eigenvalue weighted by molar-refractivity contribution is 9.10. The maximum absolute atomic E-state index is 5.78. The van der Waals surface area contributed by atoms with Gasteiger partial charge < -0.3 is 14.6 Å². The van der Waals surface area contributed by atoms with Crippen molar-refractivity contribution >= 4 is 21.7 Å². The van der Waals surface area contributed by atoms with Crippen LogP contribution in [0.15, 0.2) is 28.9 Å². The van der Waals surface area contributed by atoms with E-state index in [0.717, 1.165) is 47.9 Å². The molecule has 1 aromatic carbocycles. The predicted molar refractivity (Wildman–Crippen MR) is 83.4 cm³/mol. The molecule has 1 aliphatic rings. The second kappa shape index (κ2) is 5.87. The maximum atomic E-state index is 5.78. The van der Waals surface area contributed by atoms with Gasteiger partial charge in [-0.05, 0) is 41.4 Å². The molecule has 1 aliphatic heterocycles. The summed E-state index contributed by atoms with van der Waals surface area (Å²) in [6, 6.07) is 8.14. The van der Waals surface area contributed by atoms with Crippen molar-refractivity contribution in [3.05, 3.63) is 40.3 Å². The normalized spacial score (nSPS) is 13.7.